The first-order chi connectivity index (χ1) is 11.0. The normalized spacial score (nSPS) is 24.7. The zero-order valence-electron chi connectivity index (χ0n) is 13.4. The van der Waals surface area contributed by atoms with Crippen molar-refractivity contribution in [3.63, 3.8) is 0 Å². The van der Waals surface area contributed by atoms with Gasteiger partial charge >= 0.3 is 12.0 Å². The zero-order chi connectivity index (χ0) is 16.4. The molecule has 23 heavy (non-hydrogen) atoms. The van der Waals surface area contributed by atoms with Gasteiger partial charge < -0.3 is 10.4 Å². The van der Waals surface area contributed by atoms with Crippen molar-refractivity contribution in [2.75, 3.05) is 5.32 Å². The molecule has 0 aromatic carbocycles. The Morgan fingerprint density at radius 2 is 1.96 bits per heavy atom. The molecule has 2 aliphatic rings. The highest BCUT2D eigenvalue weighted by molar-refractivity contribution is 5.89. The van der Waals surface area contributed by atoms with Crippen LogP contribution in [-0.4, -0.2) is 32.9 Å². The second-order valence-corrected chi connectivity index (χ2v) is 6.73. The second kappa shape index (κ2) is 6.60. The van der Waals surface area contributed by atoms with Gasteiger partial charge in [-0.25, -0.2) is 4.79 Å². The monoisotopic (exact) mass is 320 g/mol. The van der Waals surface area contributed by atoms with E-state index in [9.17, 15) is 9.59 Å². The number of hydrogen-bond acceptors (Lipinski definition) is 3. The van der Waals surface area contributed by atoms with Crippen LogP contribution in [0.3, 0.4) is 0 Å². The van der Waals surface area contributed by atoms with Gasteiger partial charge in [0.2, 0.25) is 0 Å². The maximum atomic E-state index is 12.0. The molecule has 2 saturated carbocycles. The van der Waals surface area contributed by atoms with Gasteiger partial charge in [-0.1, -0.05) is 19.3 Å². The fourth-order valence-corrected chi connectivity index (χ4v) is 3.41. The molecule has 0 radical (unpaired) electrons. The molecule has 0 bridgehead atoms. The third kappa shape index (κ3) is 3.65. The number of aromatic nitrogens is 2. The zero-order valence-corrected chi connectivity index (χ0v) is 13.4. The lowest BCUT2D eigenvalue weighted by atomic mass is 9.80. The van der Waals surface area contributed by atoms with Crippen LogP contribution in [0.2, 0.25) is 0 Å². The Bertz CT molecular complexity index is 586. The van der Waals surface area contributed by atoms with Crippen LogP contribution < -0.4 is 10.6 Å². The van der Waals surface area contributed by atoms with Gasteiger partial charge in [-0.15, -0.1) is 0 Å². The molecule has 1 aromatic heterocycles. The number of nitrogens with one attached hydrogen (secondary N) is 2. The molecule has 0 aliphatic heterocycles. The first-order valence-corrected chi connectivity index (χ1v) is 8.39. The molecule has 126 valence electrons. The van der Waals surface area contributed by atoms with Gasteiger partial charge in [0.05, 0.1) is 12.0 Å². The van der Waals surface area contributed by atoms with Crippen LogP contribution in [0.1, 0.15) is 56.6 Å². The minimum absolute atomic E-state index is 0.0585. The van der Waals surface area contributed by atoms with Crippen molar-refractivity contribution in [2.45, 2.75) is 64.0 Å². The highest BCUT2D eigenvalue weighted by atomic mass is 16.4. The molecule has 2 fully saturated rings. The van der Waals surface area contributed by atoms with E-state index in [1.54, 1.807) is 0 Å². The van der Waals surface area contributed by atoms with Crippen LogP contribution in [-0.2, 0) is 4.79 Å². The van der Waals surface area contributed by atoms with E-state index in [2.05, 4.69) is 15.7 Å². The van der Waals surface area contributed by atoms with Crippen LogP contribution in [0, 0.1) is 12.8 Å². The number of aryl methyl sites for hydroxylation is 1. The highest BCUT2D eigenvalue weighted by Gasteiger charge is 2.35. The number of carboxylic acids is 1. The summed E-state index contributed by atoms with van der Waals surface area (Å²) < 4.78 is 1.98. The SMILES string of the molecule is Cc1cn(C2CCCCC2)nc1NC(=O)NC1CC(C(=O)O)C1. The predicted octanol–water partition coefficient (Wildman–Crippen LogP) is 2.68. The minimum atomic E-state index is -0.787. The number of carbonyl (C=O) groups excluding carboxylic acids is 1. The summed E-state index contributed by atoms with van der Waals surface area (Å²) in [5.74, 6) is -0.528. The van der Waals surface area contributed by atoms with Crippen LogP contribution in [0.25, 0.3) is 0 Å². The average Bonchev–Trinajstić information content (AvgIpc) is 2.84. The highest BCUT2D eigenvalue weighted by Crippen LogP contribution is 2.29. The summed E-state index contributed by atoms with van der Waals surface area (Å²) >= 11 is 0. The van der Waals surface area contributed by atoms with Gasteiger partial charge in [-0.05, 0) is 32.6 Å². The summed E-state index contributed by atoms with van der Waals surface area (Å²) in [6, 6.07) is 0.0664. The molecule has 2 amide bonds. The number of urea groups is 1. The van der Waals surface area contributed by atoms with Crippen LogP contribution >= 0.6 is 0 Å². The fourth-order valence-electron chi connectivity index (χ4n) is 3.41. The van der Waals surface area contributed by atoms with Crippen molar-refractivity contribution in [3.8, 4) is 0 Å². The summed E-state index contributed by atoms with van der Waals surface area (Å²) in [4.78, 5) is 22.8. The molecule has 1 aromatic rings. The maximum Gasteiger partial charge on any atom is 0.320 e. The molecular weight excluding hydrogens is 296 g/mol. The molecule has 7 nitrogen and oxygen atoms in total. The third-order valence-corrected chi connectivity index (χ3v) is 4.92. The summed E-state index contributed by atoms with van der Waals surface area (Å²) in [6.45, 7) is 1.94. The molecule has 0 saturated heterocycles. The van der Waals surface area contributed by atoms with Gasteiger partial charge in [-0.3, -0.25) is 14.8 Å². The van der Waals surface area contributed by atoms with Crippen molar-refractivity contribution in [3.05, 3.63) is 11.8 Å². The molecule has 3 rings (SSSR count). The van der Waals surface area contributed by atoms with Gasteiger partial charge in [0, 0.05) is 17.8 Å². The van der Waals surface area contributed by atoms with E-state index in [0.717, 1.165) is 18.4 Å². The Morgan fingerprint density at radius 1 is 1.26 bits per heavy atom. The molecule has 0 unspecified atom stereocenters. The standard InChI is InChI=1S/C16H24N4O3/c1-10-9-20(13-5-3-2-4-6-13)19-14(10)18-16(23)17-12-7-11(8-12)15(21)22/h9,11-13H,2-8H2,1H3,(H,21,22)(H2,17,18,19,23). The van der Waals surface area contributed by atoms with Crippen LogP contribution in [0.5, 0.6) is 0 Å². The van der Waals surface area contributed by atoms with E-state index >= 15 is 0 Å². The Morgan fingerprint density at radius 3 is 2.61 bits per heavy atom. The quantitative estimate of drug-likeness (QED) is 0.794. The summed E-state index contributed by atoms with van der Waals surface area (Å²) in [7, 11) is 0. The number of rotatable bonds is 4. The lowest BCUT2D eigenvalue weighted by molar-refractivity contribution is -0.145. The van der Waals surface area contributed by atoms with E-state index in [-0.39, 0.29) is 18.0 Å². The Labute approximate surface area is 135 Å². The molecule has 2 aliphatic carbocycles. The molecule has 1 heterocycles. The van der Waals surface area contributed by atoms with Gasteiger partial charge in [0.25, 0.3) is 0 Å². The third-order valence-electron chi connectivity index (χ3n) is 4.92. The molecular formula is C16H24N4O3. The number of anilines is 1. The lowest BCUT2D eigenvalue weighted by Gasteiger charge is -2.32. The first kappa shape index (κ1) is 15.8. The summed E-state index contributed by atoms with van der Waals surface area (Å²) in [5, 5.41) is 18.9. The number of carboxylic acid groups (broad SMARTS) is 1. The van der Waals surface area contributed by atoms with Crippen molar-refractivity contribution < 1.29 is 14.7 Å². The molecule has 0 atom stereocenters. The number of hydrogen-bond donors (Lipinski definition) is 3. The number of carbonyl (C=O) groups is 2. The van der Waals surface area contributed by atoms with E-state index < -0.39 is 5.97 Å². The minimum Gasteiger partial charge on any atom is -0.481 e. The topological polar surface area (TPSA) is 96.3 Å². The van der Waals surface area contributed by atoms with E-state index in [0.29, 0.717) is 24.7 Å². The number of amides is 2. The smallest absolute Gasteiger partial charge is 0.320 e. The van der Waals surface area contributed by atoms with Crippen molar-refractivity contribution in [1.29, 1.82) is 0 Å². The lowest BCUT2D eigenvalue weighted by Crippen LogP contribution is -2.48. The molecule has 7 heteroatoms. The second-order valence-electron chi connectivity index (χ2n) is 6.73. The summed E-state index contributed by atoms with van der Waals surface area (Å²) in [5.41, 5.74) is 0.947. The number of nitrogens with zero attached hydrogens (tertiary/aromatic N) is 2. The maximum absolute atomic E-state index is 12.0. The summed E-state index contributed by atoms with van der Waals surface area (Å²) in [6.07, 6.45) is 9.05. The first-order valence-electron chi connectivity index (χ1n) is 8.39. The van der Waals surface area contributed by atoms with Crippen LogP contribution in [0.4, 0.5) is 10.6 Å². The molecule has 0 spiro atoms. The van der Waals surface area contributed by atoms with E-state index in [4.69, 9.17) is 5.11 Å². The average molecular weight is 320 g/mol. The van der Waals surface area contributed by atoms with E-state index in [1.165, 1.54) is 19.3 Å². The fraction of sp³-hybridized carbons (Fsp3) is 0.688. The predicted molar refractivity (Wildman–Crippen MR) is 85.4 cm³/mol. The molecule has 3 N–H and O–H groups in total. The largest absolute Gasteiger partial charge is 0.481 e. The number of aliphatic carboxylic acids is 1. The Balaban J connectivity index is 1.52. The van der Waals surface area contributed by atoms with Gasteiger partial charge in [0.1, 0.15) is 0 Å². The Kier molecular flexibility index (Phi) is 4.54. The van der Waals surface area contributed by atoms with Crippen molar-refractivity contribution in [1.82, 2.24) is 15.1 Å². The Hall–Kier alpha value is -2.05. The van der Waals surface area contributed by atoms with Gasteiger partial charge in [-0.2, -0.15) is 5.10 Å². The van der Waals surface area contributed by atoms with Crippen molar-refractivity contribution >= 4 is 17.8 Å². The van der Waals surface area contributed by atoms with Gasteiger partial charge in [0.15, 0.2) is 5.82 Å². The van der Waals surface area contributed by atoms with Crippen molar-refractivity contribution in [2.24, 2.45) is 5.92 Å². The van der Waals surface area contributed by atoms with Crippen LogP contribution in [0.15, 0.2) is 6.20 Å². The van der Waals surface area contributed by atoms with E-state index in [1.807, 2.05) is 17.8 Å².